The molecular formula is C12H24BrNO2S. The van der Waals surface area contributed by atoms with Gasteiger partial charge < -0.3 is 0 Å². The molecule has 0 amide bonds. The Morgan fingerprint density at radius 1 is 1.35 bits per heavy atom. The first-order chi connectivity index (χ1) is 8.09. The first-order valence-electron chi connectivity index (χ1n) is 6.59. The number of nitrogens with zero attached hydrogens (tertiary/aromatic N) is 1. The number of rotatable bonds is 8. The maximum absolute atomic E-state index is 11.7. The highest BCUT2D eigenvalue weighted by Gasteiger charge is 2.24. The molecule has 1 heterocycles. The fourth-order valence-electron chi connectivity index (χ4n) is 2.50. The third-order valence-electron chi connectivity index (χ3n) is 3.37. The minimum Gasteiger partial charge on any atom is -0.299 e. The van der Waals surface area contributed by atoms with Crippen LogP contribution in [0.15, 0.2) is 0 Å². The lowest BCUT2D eigenvalue weighted by atomic mass is 10.1. The second-order valence-corrected chi connectivity index (χ2v) is 7.91. The topological polar surface area (TPSA) is 37.4 Å². The van der Waals surface area contributed by atoms with Crippen molar-refractivity contribution >= 4 is 25.8 Å². The van der Waals surface area contributed by atoms with Crippen LogP contribution in [-0.4, -0.2) is 49.3 Å². The lowest BCUT2D eigenvalue weighted by molar-refractivity contribution is 0.256. The zero-order valence-electron chi connectivity index (χ0n) is 10.7. The molecule has 0 saturated carbocycles. The molecule has 5 heteroatoms. The van der Waals surface area contributed by atoms with Gasteiger partial charge >= 0.3 is 0 Å². The SMILES string of the molecule is CCCS(=O)(=O)CCN1CCCC1CCCBr. The van der Waals surface area contributed by atoms with Crippen molar-refractivity contribution in [2.75, 3.05) is 29.9 Å². The molecule has 1 saturated heterocycles. The lowest BCUT2D eigenvalue weighted by Gasteiger charge is -2.24. The van der Waals surface area contributed by atoms with Gasteiger partial charge in [0.1, 0.15) is 0 Å². The smallest absolute Gasteiger partial charge is 0.151 e. The summed E-state index contributed by atoms with van der Waals surface area (Å²) in [6.45, 7) is 3.73. The Kier molecular flexibility index (Phi) is 7.04. The fourth-order valence-corrected chi connectivity index (χ4v) is 4.16. The molecule has 1 aliphatic rings. The summed E-state index contributed by atoms with van der Waals surface area (Å²) in [7, 11) is -2.81. The average Bonchev–Trinajstić information content (AvgIpc) is 2.71. The molecule has 1 aliphatic heterocycles. The first kappa shape index (κ1) is 15.4. The molecule has 0 aromatic carbocycles. The van der Waals surface area contributed by atoms with E-state index in [1.165, 1.54) is 25.7 Å². The van der Waals surface area contributed by atoms with Crippen molar-refractivity contribution in [3.05, 3.63) is 0 Å². The monoisotopic (exact) mass is 325 g/mol. The highest BCUT2D eigenvalue weighted by molar-refractivity contribution is 9.09. The summed E-state index contributed by atoms with van der Waals surface area (Å²) in [6, 6.07) is 0.615. The zero-order chi connectivity index (χ0) is 12.7. The summed E-state index contributed by atoms with van der Waals surface area (Å²) >= 11 is 3.45. The molecule has 0 aromatic heterocycles. The zero-order valence-corrected chi connectivity index (χ0v) is 13.1. The number of likely N-dealkylation sites (tertiary alicyclic amines) is 1. The van der Waals surface area contributed by atoms with Gasteiger partial charge in [-0.15, -0.1) is 0 Å². The molecule has 0 aliphatic carbocycles. The molecule has 0 N–H and O–H groups in total. The van der Waals surface area contributed by atoms with E-state index < -0.39 is 9.84 Å². The third kappa shape index (κ3) is 5.71. The lowest BCUT2D eigenvalue weighted by Crippen LogP contribution is -2.34. The molecule has 1 fully saturated rings. The van der Waals surface area contributed by atoms with Crippen molar-refractivity contribution in [1.82, 2.24) is 4.90 Å². The van der Waals surface area contributed by atoms with E-state index in [0.29, 0.717) is 17.5 Å². The molecule has 0 radical (unpaired) electrons. The largest absolute Gasteiger partial charge is 0.299 e. The highest BCUT2D eigenvalue weighted by atomic mass is 79.9. The number of alkyl halides is 1. The maximum atomic E-state index is 11.7. The summed E-state index contributed by atoms with van der Waals surface area (Å²) in [4.78, 5) is 2.37. The molecule has 0 spiro atoms. The van der Waals surface area contributed by atoms with Crippen LogP contribution < -0.4 is 0 Å². The van der Waals surface area contributed by atoms with Gasteiger partial charge in [-0.25, -0.2) is 8.42 Å². The van der Waals surface area contributed by atoms with Gasteiger partial charge in [0.05, 0.1) is 5.75 Å². The second-order valence-electron chi connectivity index (χ2n) is 4.82. The summed E-state index contributed by atoms with van der Waals surface area (Å²) in [5.74, 6) is 0.679. The number of hydrogen-bond donors (Lipinski definition) is 0. The normalized spacial score (nSPS) is 22.1. The summed E-state index contributed by atoms with van der Waals surface area (Å²) in [6.07, 6.45) is 5.57. The quantitative estimate of drug-likeness (QED) is 0.643. The Balaban J connectivity index is 2.35. The van der Waals surface area contributed by atoms with Gasteiger partial charge in [0.25, 0.3) is 0 Å². The Morgan fingerprint density at radius 2 is 2.12 bits per heavy atom. The van der Waals surface area contributed by atoms with Crippen molar-refractivity contribution in [1.29, 1.82) is 0 Å². The molecule has 1 unspecified atom stereocenters. The van der Waals surface area contributed by atoms with Crippen LogP contribution in [0.3, 0.4) is 0 Å². The van der Waals surface area contributed by atoms with Crippen LogP contribution in [0.1, 0.15) is 39.0 Å². The molecular weight excluding hydrogens is 302 g/mol. The van der Waals surface area contributed by atoms with Crippen LogP contribution in [0.5, 0.6) is 0 Å². The molecule has 1 atom stereocenters. The Labute approximate surface area is 114 Å². The molecule has 1 rings (SSSR count). The van der Waals surface area contributed by atoms with E-state index in [1.54, 1.807) is 0 Å². The molecule has 17 heavy (non-hydrogen) atoms. The van der Waals surface area contributed by atoms with Crippen LogP contribution in [0.2, 0.25) is 0 Å². The second kappa shape index (κ2) is 7.74. The van der Waals surface area contributed by atoms with Crippen LogP contribution >= 0.6 is 15.9 Å². The maximum Gasteiger partial charge on any atom is 0.151 e. The van der Waals surface area contributed by atoms with Crippen molar-refractivity contribution < 1.29 is 8.42 Å². The van der Waals surface area contributed by atoms with Crippen LogP contribution in [0.4, 0.5) is 0 Å². The minimum absolute atomic E-state index is 0.339. The van der Waals surface area contributed by atoms with Gasteiger partial charge in [-0.05, 0) is 38.6 Å². The van der Waals surface area contributed by atoms with Crippen molar-refractivity contribution in [3.63, 3.8) is 0 Å². The molecule has 102 valence electrons. The first-order valence-corrected chi connectivity index (χ1v) is 9.54. The van der Waals surface area contributed by atoms with E-state index in [1.807, 2.05) is 6.92 Å². The van der Waals surface area contributed by atoms with E-state index in [0.717, 1.165) is 24.8 Å². The Hall–Kier alpha value is 0.390. The van der Waals surface area contributed by atoms with Crippen LogP contribution in [0, 0.1) is 0 Å². The van der Waals surface area contributed by atoms with E-state index in [2.05, 4.69) is 20.8 Å². The standard InChI is InChI=1S/C12H24BrNO2S/c1-2-10-17(15,16)11-9-14-8-4-6-12(14)5-3-7-13/h12H,2-11H2,1H3. The van der Waals surface area contributed by atoms with Gasteiger partial charge in [-0.2, -0.15) is 0 Å². The minimum atomic E-state index is -2.81. The van der Waals surface area contributed by atoms with E-state index in [-0.39, 0.29) is 0 Å². The van der Waals surface area contributed by atoms with E-state index in [4.69, 9.17) is 0 Å². The number of halogens is 1. The summed E-state index contributed by atoms with van der Waals surface area (Å²) in [5, 5.41) is 1.05. The third-order valence-corrected chi connectivity index (χ3v) is 5.77. The fraction of sp³-hybridized carbons (Fsp3) is 1.00. The van der Waals surface area contributed by atoms with Gasteiger partial charge in [0, 0.05) is 23.7 Å². The Bertz CT molecular complexity index is 306. The van der Waals surface area contributed by atoms with Gasteiger partial charge in [0.15, 0.2) is 9.84 Å². The summed E-state index contributed by atoms with van der Waals surface area (Å²) in [5.41, 5.74) is 0. The van der Waals surface area contributed by atoms with Gasteiger partial charge in [-0.1, -0.05) is 22.9 Å². The molecule has 0 aromatic rings. The number of hydrogen-bond acceptors (Lipinski definition) is 3. The van der Waals surface area contributed by atoms with Gasteiger partial charge in [0.2, 0.25) is 0 Å². The van der Waals surface area contributed by atoms with Crippen molar-refractivity contribution in [3.8, 4) is 0 Å². The van der Waals surface area contributed by atoms with Crippen LogP contribution in [0.25, 0.3) is 0 Å². The Morgan fingerprint density at radius 3 is 2.76 bits per heavy atom. The average molecular weight is 326 g/mol. The summed E-state index contributed by atoms with van der Waals surface area (Å²) < 4.78 is 23.3. The number of sulfone groups is 1. The predicted molar refractivity (Wildman–Crippen MR) is 76.6 cm³/mol. The molecule has 3 nitrogen and oxygen atoms in total. The highest BCUT2D eigenvalue weighted by Crippen LogP contribution is 2.21. The predicted octanol–water partition coefficient (Wildman–Crippen LogP) is 2.45. The van der Waals surface area contributed by atoms with Crippen molar-refractivity contribution in [2.24, 2.45) is 0 Å². The van der Waals surface area contributed by atoms with E-state index >= 15 is 0 Å². The van der Waals surface area contributed by atoms with Crippen LogP contribution in [-0.2, 0) is 9.84 Å². The van der Waals surface area contributed by atoms with Crippen molar-refractivity contribution in [2.45, 2.75) is 45.1 Å². The molecule has 0 bridgehead atoms. The van der Waals surface area contributed by atoms with E-state index in [9.17, 15) is 8.42 Å². The van der Waals surface area contributed by atoms with Gasteiger partial charge in [-0.3, -0.25) is 4.90 Å².